The van der Waals surface area contributed by atoms with Crippen molar-refractivity contribution in [1.82, 2.24) is 14.9 Å². The topological polar surface area (TPSA) is 113 Å². The van der Waals surface area contributed by atoms with Crippen molar-refractivity contribution in [1.29, 1.82) is 0 Å². The maximum Gasteiger partial charge on any atom is 0.306 e. The molecule has 5 saturated carbocycles. The Morgan fingerprint density at radius 1 is 0.897 bits per heavy atom. The van der Waals surface area contributed by atoms with Crippen molar-refractivity contribution >= 4 is 17.8 Å². The average molecular weight is 794 g/mol. The van der Waals surface area contributed by atoms with Crippen LogP contribution in [0, 0.1) is 62.1 Å². The molecule has 0 radical (unpaired) electrons. The van der Waals surface area contributed by atoms with Gasteiger partial charge in [-0.15, -0.1) is 0 Å². The lowest BCUT2D eigenvalue weighted by Crippen LogP contribution is -2.67. The maximum absolute atomic E-state index is 15.5. The van der Waals surface area contributed by atoms with E-state index in [4.69, 9.17) is 9.72 Å². The molecule has 316 valence electrons. The highest BCUT2D eigenvalue weighted by molar-refractivity contribution is 5.84. The van der Waals surface area contributed by atoms with E-state index in [1.807, 2.05) is 26.1 Å². The number of aromatic amines is 1. The van der Waals surface area contributed by atoms with E-state index in [-0.39, 0.29) is 58.0 Å². The maximum atomic E-state index is 15.5. The van der Waals surface area contributed by atoms with Crippen molar-refractivity contribution in [2.45, 2.75) is 157 Å². The average Bonchev–Trinajstić information content (AvgIpc) is 3.92. The number of nitrogens with zero attached hydrogens (tertiary/aromatic N) is 2. The lowest BCUT2D eigenvalue weighted by atomic mass is 9.32. The minimum atomic E-state index is -0.887. The molecule has 2 N–H and O–H groups in total. The van der Waals surface area contributed by atoms with Crippen molar-refractivity contribution in [3.8, 4) is 11.3 Å². The van der Waals surface area contributed by atoms with Crippen LogP contribution in [0.15, 0.2) is 48.7 Å². The SMILES string of the molecule is C=C(C)[C@@H]1CC[C@]2(C(=O)N3CCC[C@@H]3c3ncc(-c4ccccc4)[nH]3)CC[C@]3(C)[C@H](CC[C@@H]4[C@@]5(C)CC[C@H](OC(=O)CC(C)(C)CC(=O)O)C(C)(C)[C@@H]5CC[C@]43C)[C@@H]12. The molecular weight excluding hydrogens is 723 g/mol. The van der Waals surface area contributed by atoms with Gasteiger partial charge in [-0.25, -0.2) is 4.98 Å². The van der Waals surface area contributed by atoms with Crippen molar-refractivity contribution in [2.24, 2.45) is 62.1 Å². The number of likely N-dealkylation sites (tertiary alicyclic amines) is 1. The Labute approximate surface area is 347 Å². The van der Waals surface area contributed by atoms with Crippen LogP contribution in [-0.4, -0.2) is 50.5 Å². The van der Waals surface area contributed by atoms with Gasteiger partial charge in [-0.1, -0.05) is 91.0 Å². The highest BCUT2D eigenvalue weighted by Crippen LogP contribution is 2.78. The fraction of sp³-hybridized carbons (Fsp3) is 0.720. The van der Waals surface area contributed by atoms with E-state index in [0.29, 0.717) is 35.5 Å². The summed E-state index contributed by atoms with van der Waals surface area (Å²) in [5.74, 6) is 2.24. The van der Waals surface area contributed by atoms with Gasteiger partial charge in [-0.2, -0.15) is 0 Å². The molecule has 8 rings (SSSR count). The van der Waals surface area contributed by atoms with Gasteiger partial charge in [-0.05, 0) is 141 Å². The Morgan fingerprint density at radius 3 is 2.34 bits per heavy atom. The van der Waals surface area contributed by atoms with Crippen molar-refractivity contribution in [3.63, 3.8) is 0 Å². The number of carbonyl (C=O) groups excluding carboxylic acids is 2. The van der Waals surface area contributed by atoms with Gasteiger partial charge >= 0.3 is 11.9 Å². The second-order valence-corrected chi connectivity index (χ2v) is 22.3. The van der Waals surface area contributed by atoms with Crippen LogP contribution in [0.5, 0.6) is 0 Å². The number of benzene rings is 1. The van der Waals surface area contributed by atoms with E-state index in [2.05, 4.69) is 82.3 Å². The number of ether oxygens (including phenoxy) is 1. The summed E-state index contributed by atoms with van der Waals surface area (Å²) in [7, 11) is 0. The molecule has 8 nitrogen and oxygen atoms in total. The standard InChI is InChI=1S/C50H71N3O5/c1-31(2)33-19-24-50(44(57)53-27-13-16-36(53)43-51-30-35(52-43)32-14-11-10-12-15-32)26-25-48(8)34(42(33)50)17-18-38-47(7)22-21-39(46(5,6)37(47)20-23-49(38,48)9)58-41(56)29-45(3,4)28-40(54)55/h10-12,14-15,30,33-34,36-39,42H,1,13,16-29H2,2-9H3,(H,51,52)(H,54,55)/t33-,34+,36+,37-,38+,39-,42+,47-,48+,49+,50-/m0/s1. The van der Waals surface area contributed by atoms with Crippen LogP contribution in [0.1, 0.15) is 157 Å². The smallest absolute Gasteiger partial charge is 0.306 e. The molecule has 8 heteroatoms. The minimum absolute atomic E-state index is 0.0188. The Balaban J connectivity index is 1.05. The van der Waals surface area contributed by atoms with E-state index in [1.54, 1.807) is 0 Å². The third kappa shape index (κ3) is 6.34. The first-order valence-corrected chi connectivity index (χ1v) is 22.8. The van der Waals surface area contributed by atoms with Crippen LogP contribution in [0.25, 0.3) is 11.3 Å². The van der Waals surface area contributed by atoms with Crippen LogP contribution in [0.2, 0.25) is 0 Å². The first-order valence-electron chi connectivity index (χ1n) is 22.8. The molecule has 0 spiro atoms. The number of imidazole rings is 1. The van der Waals surface area contributed by atoms with Crippen LogP contribution in [0.4, 0.5) is 0 Å². The van der Waals surface area contributed by atoms with Crippen molar-refractivity contribution in [2.75, 3.05) is 6.54 Å². The van der Waals surface area contributed by atoms with Gasteiger partial charge in [0.2, 0.25) is 5.91 Å². The largest absolute Gasteiger partial charge is 0.481 e. The number of carboxylic acids is 1. The summed E-state index contributed by atoms with van der Waals surface area (Å²) in [4.78, 5) is 51.1. The van der Waals surface area contributed by atoms with Crippen molar-refractivity contribution in [3.05, 3.63) is 54.5 Å². The molecule has 58 heavy (non-hydrogen) atoms. The summed E-state index contributed by atoms with van der Waals surface area (Å²) in [6.45, 7) is 23.8. The number of nitrogens with one attached hydrogen (secondary N) is 1. The number of fused-ring (bicyclic) bond motifs is 7. The molecule has 0 unspecified atom stereocenters. The predicted octanol–water partition coefficient (Wildman–Crippen LogP) is 11.2. The molecule has 0 bridgehead atoms. The lowest BCUT2D eigenvalue weighted by Gasteiger charge is -2.73. The number of amides is 1. The third-order valence-corrected chi connectivity index (χ3v) is 18.5. The number of H-pyrrole nitrogens is 1. The number of rotatable bonds is 9. The molecule has 6 fully saturated rings. The summed E-state index contributed by atoms with van der Waals surface area (Å²) in [5, 5.41) is 9.40. The molecule has 11 atom stereocenters. The first-order chi connectivity index (χ1) is 27.3. The van der Waals surface area contributed by atoms with E-state index < -0.39 is 11.4 Å². The normalized spacial score (nSPS) is 39.2. The summed E-state index contributed by atoms with van der Waals surface area (Å²) in [5.41, 5.74) is 2.54. The number of aromatic nitrogens is 2. The van der Waals surface area contributed by atoms with Gasteiger partial charge in [0.15, 0.2) is 0 Å². The summed E-state index contributed by atoms with van der Waals surface area (Å²) < 4.78 is 6.32. The molecule has 1 aromatic carbocycles. The number of aliphatic carboxylic acids is 1. The number of carbonyl (C=O) groups is 3. The number of allylic oxidation sites excluding steroid dienone is 1. The Hall–Kier alpha value is -3.42. The van der Waals surface area contributed by atoms with Gasteiger partial charge in [0.05, 0.1) is 36.2 Å². The van der Waals surface area contributed by atoms with Gasteiger partial charge in [-0.3, -0.25) is 14.4 Å². The molecule has 1 aliphatic heterocycles. The van der Waals surface area contributed by atoms with Crippen LogP contribution in [0.3, 0.4) is 0 Å². The quantitative estimate of drug-likeness (QED) is 0.193. The first kappa shape index (κ1) is 41.3. The molecule has 2 heterocycles. The number of esters is 1. The van der Waals surface area contributed by atoms with Crippen LogP contribution < -0.4 is 0 Å². The zero-order valence-corrected chi connectivity index (χ0v) is 36.8. The molecule has 1 saturated heterocycles. The van der Waals surface area contributed by atoms with Gasteiger partial charge in [0.1, 0.15) is 11.9 Å². The lowest BCUT2D eigenvalue weighted by molar-refractivity contribution is -0.250. The number of carboxylic acid groups (broad SMARTS) is 1. The molecule has 6 aliphatic rings. The van der Waals surface area contributed by atoms with Gasteiger partial charge in [0.25, 0.3) is 0 Å². The molecule has 1 amide bonds. The minimum Gasteiger partial charge on any atom is -0.481 e. The zero-order valence-electron chi connectivity index (χ0n) is 36.8. The Kier molecular flexibility index (Phi) is 10.2. The van der Waals surface area contributed by atoms with Gasteiger partial charge in [0, 0.05) is 12.0 Å². The third-order valence-electron chi connectivity index (χ3n) is 18.5. The second kappa shape index (κ2) is 14.4. The fourth-order valence-corrected chi connectivity index (χ4v) is 15.6. The second-order valence-electron chi connectivity index (χ2n) is 22.3. The Morgan fingerprint density at radius 2 is 1.64 bits per heavy atom. The summed E-state index contributed by atoms with van der Waals surface area (Å²) in [6.07, 6.45) is 14.3. The van der Waals surface area contributed by atoms with E-state index in [9.17, 15) is 14.7 Å². The number of hydrogen-bond donors (Lipinski definition) is 2. The number of hydrogen-bond acceptors (Lipinski definition) is 5. The summed E-state index contributed by atoms with van der Waals surface area (Å²) >= 11 is 0. The van der Waals surface area contributed by atoms with Crippen molar-refractivity contribution < 1.29 is 24.2 Å². The predicted molar refractivity (Wildman–Crippen MR) is 227 cm³/mol. The molecule has 5 aliphatic carbocycles. The van der Waals surface area contributed by atoms with E-state index >= 15 is 4.79 Å². The molecular formula is C50H71N3O5. The monoisotopic (exact) mass is 794 g/mol. The Bertz CT molecular complexity index is 1930. The summed E-state index contributed by atoms with van der Waals surface area (Å²) in [6, 6.07) is 10.3. The molecule has 2 aromatic rings. The highest BCUT2D eigenvalue weighted by Gasteiger charge is 2.72. The van der Waals surface area contributed by atoms with Crippen LogP contribution >= 0.6 is 0 Å². The van der Waals surface area contributed by atoms with E-state index in [1.165, 1.54) is 12.0 Å². The fourth-order valence-electron chi connectivity index (χ4n) is 15.6. The zero-order chi connectivity index (χ0) is 41.6. The van der Waals surface area contributed by atoms with E-state index in [0.717, 1.165) is 94.3 Å². The van der Waals surface area contributed by atoms with Gasteiger partial charge < -0.3 is 19.7 Å². The molecule has 1 aromatic heterocycles. The highest BCUT2D eigenvalue weighted by atomic mass is 16.5. The van der Waals surface area contributed by atoms with Crippen LogP contribution in [-0.2, 0) is 19.1 Å².